The molecule has 1 aliphatic carbocycles. The molecule has 1 aliphatic rings. The second-order valence-electron chi connectivity index (χ2n) is 7.15. The lowest BCUT2D eigenvalue weighted by Crippen LogP contribution is -2.26. The molecule has 2 atom stereocenters. The van der Waals surface area contributed by atoms with Crippen LogP contribution in [-0.2, 0) is 21.3 Å². The average Bonchev–Trinajstić information content (AvgIpc) is 3.17. The highest BCUT2D eigenvalue weighted by Gasteiger charge is 2.36. The molecule has 0 spiro atoms. The number of furan rings is 1. The summed E-state index contributed by atoms with van der Waals surface area (Å²) in [7, 11) is -0.443. The van der Waals surface area contributed by atoms with Crippen LogP contribution in [0.15, 0.2) is 39.6 Å². The zero-order chi connectivity index (χ0) is 19.6. The van der Waals surface area contributed by atoms with Gasteiger partial charge in [0, 0.05) is 20.1 Å². The van der Waals surface area contributed by atoms with Gasteiger partial charge in [-0.15, -0.1) is 0 Å². The van der Waals surface area contributed by atoms with E-state index in [9.17, 15) is 8.42 Å². The van der Waals surface area contributed by atoms with Crippen LogP contribution in [0.3, 0.4) is 0 Å². The molecule has 1 aromatic carbocycles. The first-order valence-electron chi connectivity index (χ1n) is 9.10. The van der Waals surface area contributed by atoms with E-state index in [1.807, 2.05) is 19.1 Å². The van der Waals surface area contributed by atoms with Gasteiger partial charge in [0.05, 0.1) is 18.0 Å². The van der Waals surface area contributed by atoms with Crippen molar-refractivity contribution >= 4 is 10.0 Å². The molecular weight excluding hydrogens is 366 g/mol. The summed E-state index contributed by atoms with van der Waals surface area (Å²) in [4.78, 5) is 0.240. The smallest absolute Gasteiger partial charge is 0.243 e. The standard InChI is InChI=1S/C20H27NO5S/c1-14-12-18(14)20-7-5-16(26-20)13-21(3)27(22,23)17-6-8-19(15(2)11-17)25-10-9-24-4/h5-8,11,14,18H,9-10,12-13H2,1-4H3. The lowest BCUT2D eigenvalue weighted by molar-refractivity contribution is 0.146. The van der Waals surface area contributed by atoms with Gasteiger partial charge in [-0.2, -0.15) is 4.31 Å². The Morgan fingerprint density at radius 2 is 1.96 bits per heavy atom. The summed E-state index contributed by atoms with van der Waals surface area (Å²) in [6.07, 6.45) is 1.14. The lowest BCUT2D eigenvalue weighted by atomic mass is 10.2. The molecule has 2 aromatic rings. The molecule has 6 nitrogen and oxygen atoms in total. The number of nitrogens with zero attached hydrogens (tertiary/aromatic N) is 1. The molecule has 0 saturated heterocycles. The monoisotopic (exact) mass is 393 g/mol. The molecule has 1 fully saturated rings. The molecule has 0 radical (unpaired) electrons. The highest BCUT2D eigenvalue weighted by Crippen LogP contribution is 2.47. The molecule has 2 unspecified atom stereocenters. The number of hydrogen-bond acceptors (Lipinski definition) is 5. The maximum absolute atomic E-state index is 12.9. The van der Waals surface area contributed by atoms with Gasteiger partial charge in [0.15, 0.2) is 0 Å². The average molecular weight is 394 g/mol. The number of aryl methyl sites for hydroxylation is 1. The summed E-state index contributed by atoms with van der Waals surface area (Å²) in [6, 6.07) is 8.71. The van der Waals surface area contributed by atoms with Crippen molar-refractivity contribution in [2.24, 2.45) is 5.92 Å². The van der Waals surface area contributed by atoms with Crippen LogP contribution in [0, 0.1) is 12.8 Å². The fourth-order valence-corrected chi connectivity index (χ4v) is 4.28. The summed E-state index contributed by atoms with van der Waals surface area (Å²) >= 11 is 0. The fourth-order valence-electron chi connectivity index (χ4n) is 3.06. The Bertz CT molecular complexity index is 890. The van der Waals surface area contributed by atoms with Crippen molar-refractivity contribution in [1.82, 2.24) is 4.31 Å². The van der Waals surface area contributed by atoms with Gasteiger partial charge in [0.1, 0.15) is 23.9 Å². The Morgan fingerprint density at radius 1 is 1.22 bits per heavy atom. The van der Waals surface area contributed by atoms with Crippen LogP contribution < -0.4 is 4.74 Å². The molecule has 27 heavy (non-hydrogen) atoms. The maximum Gasteiger partial charge on any atom is 0.243 e. The number of methoxy groups -OCH3 is 1. The molecule has 3 rings (SSSR count). The number of sulfonamides is 1. The third-order valence-corrected chi connectivity index (χ3v) is 6.73. The highest BCUT2D eigenvalue weighted by molar-refractivity contribution is 7.89. The molecule has 0 aliphatic heterocycles. The summed E-state index contributed by atoms with van der Waals surface area (Å²) < 4.78 is 43.5. The van der Waals surface area contributed by atoms with Crippen molar-refractivity contribution in [3.63, 3.8) is 0 Å². The van der Waals surface area contributed by atoms with E-state index in [2.05, 4.69) is 6.92 Å². The number of rotatable bonds is 9. The molecule has 7 heteroatoms. The minimum Gasteiger partial charge on any atom is -0.491 e. The molecule has 1 saturated carbocycles. The molecule has 0 N–H and O–H groups in total. The van der Waals surface area contributed by atoms with Crippen LogP contribution in [0.1, 0.15) is 36.3 Å². The van der Waals surface area contributed by atoms with E-state index in [-0.39, 0.29) is 11.4 Å². The van der Waals surface area contributed by atoms with Crippen molar-refractivity contribution < 1.29 is 22.3 Å². The van der Waals surface area contributed by atoms with Crippen molar-refractivity contribution in [1.29, 1.82) is 0 Å². The third-order valence-electron chi connectivity index (χ3n) is 4.94. The Balaban J connectivity index is 1.69. The van der Waals surface area contributed by atoms with Crippen LogP contribution in [0.2, 0.25) is 0 Å². The van der Waals surface area contributed by atoms with Crippen LogP contribution in [-0.4, -0.2) is 40.1 Å². The van der Waals surface area contributed by atoms with E-state index in [1.165, 1.54) is 4.31 Å². The van der Waals surface area contributed by atoms with Crippen molar-refractivity contribution in [2.45, 2.75) is 37.6 Å². The maximum atomic E-state index is 12.9. The first-order valence-corrected chi connectivity index (χ1v) is 10.5. The molecule has 1 heterocycles. The van der Waals surface area contributed by atoms with Gasteiger partial charge in [-0.05, 0) is 55.2 Å². The first-order chi connectivity index (χ1) is 12.8. The summed E-state index contributed by atoms with van der Waals surface area (Å²) in [5.41, 5.74) is 0.767. The number of benzene rings is 1. The SMILES string of the molecule is COCCOc1ccc(S(=O)(=O)N(C)Cc2ccc(C3CC3C)o2)cc1C. The summed E-state index contributed by atoms with van der Waals surface area (Å²) in [6.45, 7) is 5.12. The predicted molar refractivity (Wildman–Crippen MR) is 102 cm³/mol. The molecule has 148 valence electrons. The minimum absolute atomic E-state index is 0.203. The molecule has 0 amide bonds. The Labute approximate surface area is 161 Å². The second-order valence-corrected chi connectivity index (χ2v) is 9.20. The van der Waals surface area contributed by atoms with Crippen molar-refractivity contribution in [2.75, 3.05) is 27.4 Å². The van der Waals surface area contributed by atoms with E-state index in [0.717, 1.165) is 17.7 Å². The zero-order valence-electron chi connectivity index (χ0n) is 16.3. The highest BCUT2D eigenvalue weighted by atomic mass is 32.2. The van der Waals surface area contributed by atoms with Crippen LogP contribution in [0.4, 0.5) is 0 Å². The van der Waals surface area contributed by atoms with Crippen LogP contribution in [0.25, 0.3) is 0 Å². The summed E-state index contributed by atoms with van der Waals surface area (Å²) in [5, 5.41) is 0. The van der Waals surface area contributed by atoms with Gasteiger partial charge in [-0.25, -0.2) is 8.42 Å². The van der Waals surface area contributed by atoms with Crippen LogP contribution >= 0.6 is 0 Å². The minimum atomic E-state index is -3.61. The van der Waals surface area contributed by atoms with Gasteiger partial charge in [0.2, 0.25) is 10.0 Å². The van der Waals surface area contributed by atoms with E-state index in [0.29, 0.717) is 36.6 Å². The van der Waals surface area contributed by atoms with Crippen molar-refractivity contribution in [3.05, 3.63) is 47.4 Å². The molecular formula is C20H27NO5S. The Hall–Kier alpha value is -1.83. The van der Waals surface area contributed by atoms with Gasteiger partial charge in [-0.1, -0.05) is 6.92 Å². The molecule has 0 bridgehead atoms. The normalized spacial score (nSPS) is 19.4. The van der Waals surface area contributed by atoms with Gasteiger partial charge >= 0.3 is 0 Å². The quantitative estimate of drug-likeness (QED) is 0.609. The number of hydrogen-bond donors (Lipinski definition) is 0. The summed E-state index contributed by atoms with van der Waals surface area (Å²) in [5.74, 6) is 3.40. The Morgan fingerprint density at radius 3 is 2.59 bits per heavy atom. The largest absolute Gasteiger partial charge is 0.491 e. The van der Waals surface area contributed by atoms with E-state index in [4.69, 9.17) is 13.9 Å². The predicted octanol–water partition coefficient (Wildman–Crippen LogP) is 3.56. The second kappa shape index (κ2) is 8.04. The first kappa shape index (κ1) is 19.9. The number of ether oxygens (including phenoxy) is 2. The van der Waals surface area contributed by atoms with E-state index >= 15 is 0 Å². The van der Waals surface area contributed by atoms with Gasteiger partial charge < -0.3 is 13.9 Å². The van der Waals surface area contributed by atoms with Crippen molar-refractivity contribution in [3.8, 4) is 5.75 Å². The lowest BCUT2D eigenvalue weighted by Gasteiger charge is -2.17. The fraction of sp³-hybridized carbons (Fsp3) is 0.500. The van der Waals surface area contributed by atoms with E-state index < -0.39 is 10.0 Å². The third kappa shape index (κ3) is 4.54. The Kier molecular flexibility index (Phi) is 5.93. The topological polar surface area (TPSA) is 69.0 Å². The molecule has 1 aromatic heterocycles. The van der Waals surface area contributed by atoms with E-state index in [1.54, 1.807) is 32.4 Å². The van der Waals surface area contributed by atoms with Crippen LogP contribution in [0.5, 0.6) is 5.75 Å². The van der Waals surface area contributed by atoms with Gasteiger partial charge in [-0.3, -0.25) is 0 Å². The zero-order valence-corrected chi connectivity index (χ0v) is 17.1. The van der Waals surface area contributed by atoms with Gasteiger partial charge in [0.25, 0.3) is 0 Å².